The Kier molecular flexibility index (Phi) is 6.43. The van der Waals surface area contributed by atoms with Crippen LogP contribution in [0.3, 0.4) is 0 Å². The second-order valence-electron chi connectivity index (χ2n) is 5.23. The highest BCUT2D eigenvalue weighted by Gasteiger charge is 2.15. The molecule has 20 heavy (non-hydrogen) atoms. The predicted octanol–water partition coefficient (Wildman–Crippen LogP) is 3.02. The highest BCUT2D eigenvalue weighted by Crippen LogP contribution is 2.16. The van der Waals surface area contributed by atoms with Gasteiger partial charge in [-0.2, -0.15) is 0 Å². The molecule has 0 saturated carbocycles. The molecule has 0 atom stereocenters. The first-order valence-electron chi connectivity index (χ1n) is 7.47. The van der Waals surface area contributed by atoms with Crippen molar-refractivity contribution < 1.29 is 13.9 Å². The number of rotatable bonds is 7. The smallest absolute Gasteiger partial charge is 0.128 e. The highest BCUT2D eigenvalue weighted by molar-refractivity contribution is 5.24. The van der Waals surface area contributed by atoms with Crippen molar-refractivity contribution in [3.05, 3.63) is 35.1 Å². The maximum atomic E-state index is 13.8. The molecule has 1 heterocycles. The van der Waals surface area contributed by atoms with Crippen LogP contribution in [0.15, 0.2) is 18.2 Å². The van der Waals surface area contributed by atoms with E-state index in [1.165, 1.54) is 6.07 Å². The van der Waals surface area contributed by atoms with E-state index in [2.05, 4.69) is 12.2 Å². The minimum absolute atomic E-state index is 0.184. The maximum absolute atomic E-state index is 13.8. The van der Waals surface area contributed by atoms with Crippen LogP contribution in [0.2, 0.25) is 0 Å². The van der Waals surface area contributed by atoms with Gasteiger partial charge in [0.2, 0.25) is 0 Å². The number of nitrogens with one attached hydrogen (secondary N) is 1. The van der Waals surface area contributed by atoms with Crippen molar-refractivity contribution in [2.75, 3.05) is 19.8 Å². The van der Waals surface area contributed by atoms with Crippen LogP contribution >= 0.6 is 0 Å². The summed E-state index contributed by atoms with van der Waals surface area (Å²) in [7, 11) is 0. The minimum Gasteiger partial charge on any atom is -0.381 e. The van der Waals surface area contributed by atoms with Gasteiger partial charge in [0, 0.05) is 25.3 Å². The fraction of sp³-hybridized carbons (Fsp3) is 0.625. The van der Waals surface area contributed by atoms with E-state index in [1.54, 1.807) is 0 Å². The lowest BCUT2D eigenvalue weighted by Crippen LogP contribution is -2.23. The summed E-state index contributed by atoms with van der Waals surface area (Å²) < 4.78 is 24.9. The fourth-order valence-electron chi connectivity index (χ4n) is 2.31. The van der Waals surface area contributed by atoms with Gasteiger partial charge in [-0.3, -0.25) is 0 Å². The molecule has 0 amide bonds. The Morgan fingerprint density at radius 1 is 1.35 bits per heavy atom. The van der Waals surface area contributed by atoms with Crippen molar-refractivity contribution in [2.45, 2.75) is 45.4 Å². The van der Waals surface area contributed by atoms with Crippen LogP contribution in [-0.2, 0) is 22.6 Å². The molecule has 1 N–H and O–H groups in total. The van der Waals surface area contributed by atoms with E-state index in [1.807, 2.05) is 12.1 Å². The van der Waals surface area contributed by atoms with Crippen molar-refractivity contribution in [2.24, 2.45) is 0 Å². The molecule has 1 saturated heterocycles. The molecule has 1 fully saturated rings. The zero-order valence-corrected chi connectivity index (χ0v) is 12.2. The lowest BCUT2D eigenvalue weighted by Gasteiger charge is -2.22. The second kappa shape index (κ2) is 8.35. The first kappa shape index (κ1) is 15.4. The van der Waals surface area contributed by atoms with Crippen molar-refractivity contribution in [1.82, 2.24) is 5.32 Å². The summed E-state index contributed by atoms with van der Waals surface area (Å²) in [6, 6.07) is 5.26. The molecule has 3 nitrogen and oxygen atoms in total. The van der Waals surface area contributed by atoms with Gasteiger partial charge < -0.3 is 14.8 Å². The monoisotopic (exact) mass is 281 g/mol. The Bertz CT molecular complexity index is 405. The molecule has 0 unspecified atom stereocenters. The topological polar surface area (TPSA) is 30.5 Å². The molecule has 1 aromatic carbocycles. The second-order valence-corrected chi connectivity index (χ2v) is 5.23. The van der Waals surface area contributed by atoms with E-state index >= 15 is 0 Å². The number of hydrogen-bond donors (Lipinski definition) is 1. The molecule has 0 bridgehead atoms. The summed E-state index contributed by atoms with van der Waals surface area (Å²) in [5.74, 6) is -0.184. The minimum atomic E-state index is -0.184. The lowest BCUT2D eigenvalue weighted by molar-refractivity contribution is -0.0397. The van der Waals surface area contributed by atoms with Crippen molar-refractivity contribution in [3.8, 4) is 0 Å². The molecular formula is C16H24FNO2. The van der Waals surface area contributed by atoms with Crippen LogP contribution in [-0.4, -0.2) is 25.9 Å². The van der Waals surface area contributed by atoms with E-state index in [0.29, 0.717) is 12.2 Å². The maximum Gasteiger partial charge on any atom is 0.128 e. The van der Waals surface area contributed by atoms with Crippen molar-refractivity contribution in [1.29, 1.82) is 0 Å². The van der Waals surface area contributed by atoms with Crippen LogP contribution in [0.25, 0.3) is 0 Å². The van der Waals surface area contributed by atoms with E-state index in [9.17, 15) is 4.39 Å². The number of halogens is 1. The van der Waals surface area contributed by atoms with Gasteiger partial charge in [0.1, 0.15) is 5.82 Å². The Morgan fingerprint density at radius 3 is 2.90 bits per heavy atom. The Labute approximate surface area is 120 Å². The first-order valence-corrected chi connectivity index (χ1v) is 7.47. The molecule has 4 heteroatoms. The molecule has 1 aromatic rings. The van der Waals surface area contributed by atoms with E-state index in [0.717, 1.165) is 51.1 Å². The molecule has 0 spiro atoms. The molecular weight excluding hydrogens is 257 g/mol. The van der Waals surface area contributed by atoms with Crippen LogP contribution in [0, 0.1) is 5.82 Å². The normalized spacial score (nSPS) is 16.5. The van der Waals surface area contributed by atoms with Gasteiger partial charge in [-0.1, -0.05) is 13.0 Å². The van der Waals surface area contributed by atoms with Gasteiger partial charge in [0.25, 0.3) is 0 Å². The van der Waals surface area contributed by atoms with Gasteiger partial charge in [-0.15, -0.1) is 0 Å². The Hall–Kier alpha value is -0.970. The average Bonchev–Trinajstić information content (AvgIpc) is 2.49. The zero-order chi connectivity index (χ0) is 14.2. The summed E-state index contributed by atoms with van der Waals surface area (Å²) in [6.07, 6.45) is 3.10. The van der Waals surface area contributed by atoms with Gasteiger partial charge in [-0.05, 0) is 43.5 Å². The number of hydrogen-bond acceptors (Lipinski definition) is 3. The molecule has 112 valence electrons. The van der Waals surface area contributed by atoms with E-state index in [4.69, 9.17) is 9.47 Å². The Balaban J connectivity index is 1.86. The standard InChI is InChI=1S/C16H24FNO2/c1-2-7-18-11-13-3-4-16(17)14(10-13)12-20-15-5-8-19-9-6-15/h3-4,10,15,18H,2,5-9,11-12H2,1H3. The van der Waals surface area contributed by atoms with Crippen molar-refractivity contribution >= 4 is 0 Å². The third-order valence-corrected chi connectivity index (χ3v) is 3.51. The molecule has 1 aliphatic rings. The summed E-state index contributed by atoms with van der Waals surface area (Å²) in [5, 5.41) is 3.32. The quantitative estimate of drug-likeness (QED) is 0.779. The molecule has 2 rings (SSSR count). The van der Waals surface area contributed by atoms with Gasteiger partial charge in [0.15, 0.2) is 0 Å². The summed E-state index contributed by atoms with van der Waals surface area (Å²) in [4.78, 5) is 0. The zero-order valence-electron chi connectivity index (χ0n) is 12.2. The van der Waals surface area contributed by atoms with E-state index < -0.39 is 0 Å². The Morgan fingerprint density at radius 2 is 2.15 bits per heavy atom. The third kappa shape index (κ3) is 4.85. The average molecular weight is 281 g/mol. The highest BCUT2D eigenvalue weighted by atomic mass is 19.1. The molecule has 0 aliphatic carbocycles. The van der Waals surface area contributed by atoms with Crippen LogP contribution < -0.4 is 5.32 Å². The van der Waals surface area contributed by atoms with Crippen molar-refractivity contribution in [3.63, 3.8) is 0 Å². The van der Waals surface area contributed by atoms with Crippen LogP contribution in [0.4, 0.5) is 4.39 Å². The van der Waals surface area contributed by atoms with Gasteiger partial charge in [0.05, 0.1) is 12.7 Å². The van der Waals surface area contributed by atoms with Crippen LogP contribution in [0.5, 0.6) is 0 Å². The van der Waals surface area contributed by atoms with Gasteiger partial charge >= 0.3 is 0 Å². The van der Waals surface area contributed by atoms with Gasteiger partial charge in [-0.25, -0.2) is 4.39 Å². The summed E-state index contributed by atoms with van der Waals surface area (Å²) in [5.41, 5.74) is 1.75. The van der Waals surface area contributed by atoms with Crippen LogP contribution in [0.1, 0.15) is 37.3 Å². The summed E-state index contributed by atoms with van der Waals surface area (Å²) >= 11 is 0. The number of benzene rings is 1. The predicted molar refractivity (Wildman–Crippen MR) is 77.0 cm³/mol. The lowest BCUT2D eigenvalue weighted by atomic mass is 10.1. The van der Waals surface area contributed by atoms with E-state index in [-0.39, 0.29) is 11.9 Å². The number of ether oxygens (including phenoxy) is 2. The summed E-state index contributed by atoms with van der Waals surface area (Å²) in [6.45, 7) is 5.72. The molecule has 0 aromatic heterocycles. The SMILES string of the molecule is CCCNCc1ccc(F)c(COC2CCOCC2)c1. The molecule has 1 aliphatic heterocycles. The largest absolute Gasteiger partial charge is 0.381 e. The molecule has 0 radical (unpaired) electrons. The fourth-order valence-corrected chi connectivity index (χ4v) is 2.31. The first-order chi connectivity index (χ1) is 9.79. The third-order valence-electron chi connectivity index (χ3n) is 3.51.